The highest BCUT2D eigenvalue weighted by atomic mass is 32.2. The highest BCUT2D eigenvalue weighted by Gasteiger charge is 2.10. The number of anilines is 1. The Kier molecular flexibility index (Phi) is 9.26. The molecule has 10 heteroatoms. The molecule has 0 aliphatic carbocycles. The molecule has 2 unspecified atom stereocenters. The number of hydrogen-bond acceptors (Lipinski definition) is 5. The smallest absolute Gasteiger partial charge is 0.387 e. The third-order valence-corrected chi connectivity index (χ3v) is 4.70. The number of aliphatic hydroxyl groups excluding tert-OH is 1. The molecule has 0 aromatic heterocycles. The fourth-order valence-electron chi connectivity index (χ4n) is 2.51. The molecule has 2 rings (SSSR count). The number of rotatable bonds is 12. The number of alkyl halides is 2. The van der Waals surface area contributed by atoms with E-state index in [0.29, 0.717) is 30.0 Å². The van der Waals surface area contributed by atoms with Crippen molar-refractivity contribution < 1.29 is 32.1 Å². The quantitative estimate of drug-likeness (QED) is 0.354. The van der Waals surface area contributed by atoms with E-state index in [-0.39, 0.29) is 18.9 Å². The molecular weight excluding hydrogens is 406 g/mol. The molecule has 0 amide bonds. The first kappa shape index (κ1) is 23.0. The average Bonchev–Trinajstić information content (AvgIpc) is 2.70. The fraction of sp³-hybridized carbons (Fsp3) is 0.368. The zero-order valence-electron chi connectivity index (χ0n) is 15.8. The summed E-state index contributed by atoms with van der Waals surface area (Å²) < 4.78 is 56.0. The number of aliphatic hydroxyl groups is 1. The highest BCUT2D eigenvalue weighted by molar-refractivity contribution is 7.80. The van der Waals surface area contributed by atoms with Crippen molar-refractivity contribution in [2.75, 3.05) is 31.0 Å². The number of para-hydroxylation sites is 1. The van der Waals surface area contributed by atoms with Crippen molar-refractivity contribution in [3.8, 4) is 11.5 Å². The lowest BCUT2D eigenvalue weighted by Crippen LogP contribution is -2.32. The Bertz CT molecular complexity index is 779. The standard InChI is InChI=1S/C19H24F2N2O5S/c1-23(29(25)26)15-6-8-17(9-7-15)27-13-16(24)12-22-11-10-14-4-2-3-5-18(14)28-19(20)21/h2-9,16,19,22,24H,10-13H2,1H3,(H,25,26). The molecule has 0 spiro atoms. The van der Waals surface area contributed by atoms with Crippen LogP contribution in [0.2, 0.25) is 0 Å². The van der Waals surface area contributed by atoms with Crippen molar-refractivity contribution in [3.05, 3.63) is 54.1 Å². The van der Waals surface area contributed by atoms with Gasteiger partial charge in [0.15, 0.2) is 0 Å². The minimum absolute atomic E-state index is 0.0548. The van der Waals surface area contributed by atoms with Gasteiger partial charge in [-0.2, -0.15) is 8.78 Å². The zero-order valence-corrected chi connectivity index (χ0v) is 16.6. The van der Waals surface area contributed by atoms with Crippen LogP contribution in [-0.2, 0) is 17.7 Å². The van der Waals surface area contributed by atoms with E-state index in [2.05, 4.69) is 10.1 Å². The Morgan fingerprint density at radius 3 is 2.52 bits per heavy atom. The summed E-state index contributed by atoms with van der Waals surface area (Å²) in [5.74, 6) is 0.662. The zero-order chi connectivity index (χ0) is 21.2. The van der Waals surface area contributed by atoms with Gasteiger partial charge in [-0.15, -0.1) is 0 Å². The van der Waals surface area contributed by atoms with Gasteiger partial charge in [0.25, 0.3) is 11.3 Å². The van der Waals surface area contributed by atoms with Crippen molar-refractivity contribution in [3.63, 3.8) is 0 Å². The van der Waals surface area contributed by atoms with Gasteiger partial charge in [0, 0.05) is 13.6 Å². The normalized spacial score (nSPS) is 13.2. The molecule has 2 atom stereocenters. The molecule has 0 saturated heterocycles. The van der Waals surface area contributed by atoms with Crippen molar-refractivity contribution >= 4 is 17.0 Å². The summed E-state index contributed by atoms with van der Waals surface area (Å²) in [6.45, 7) is -2.08. The number of benzene rings is 2. The lowest BCUT2D eigenvalue weighted by atomic mass is 10.1. The molecule has 7 nitrogen and oxygen atoms in total. The molecule has 0 bridgehead atoms. The molecule has 2 aromatic rings. The summed E-state index contributed by atoms with van der Waals surface area (Å²) in [4.78, 5) is 0. The van der Waals surface area contributed by atoms with Crippen molar-refractivity contribution in [1.29, 1.82) is 0 Å². The Labute approximate surface area is 170 Å². The highest BCUT2D eigenvalue weighted by Crippen LogP contribution is 2.21. The van der Waals surface area contributed by atoms with E-state index in [1.54, 1.807) is 42.5 Å². The molecule has 0 saturated carbocycles. The second-order valence-electron chi connectivity index (χ2n) is 6.13. The van der Waals surface area contributed by atoms with Crippen molar-refractivity contribution in [2.24, 2.45) is 0 Å². The summed E-state index contributed by atoms with van der Waals surface area (Å²) in [7, 11) is 1.49. The predicted octanol–water partition coefficient (Wildman–Crippen LogP) is 2.43. The first-order chi connectivity index (χ1) is 13.9. The van der Waals surface area contributed by atoms with Crippen LogP contribution in [0.15, 0.2) is 48.5 Å². The second kappa shape index (κ2) is 11.7. The van der Waals surface area contributed by atoms with Crippen LogP contribution in [0.3, 0.4) is 0 Å². The van der Waals surface area contributed by atoms with Gasteiger partial charge in [0.05, 0.1) is 5.69 Å². The number of nitrogens with zero attached hydrogens (tertiary/aromatic N) is 1. The van der Waals surface area contributed by atoms with Crippen LogP contribution in [0.5, 0.6) is 11.5 Å². The Balaban J connectivity index is 1.70. The lowest BCUT2D eigenvalue weighted by molar-refractivity contribution is -0.0504. The summed E-state index contributed by atoms with van der Waals surface area (Å²) in [5.41, 5.74) is 1.21. The molecule has 3 N–H and O–H groups in total. The van der Waals surface area contributed by atoms with E-state index in [1.807, 2.05) is 0 Å². The predicted molar refractivity (Wildman–Crippen MR) is 107 cm³/mol. The summed E-state index contributed by atoms with van der Waals surface area (Å²) in [6.07, 6.45) is -0.299. The third-order valence-electron chi connectivity index (χ3n) is 4.02. The molecule has 0 heterocycles. The van der Waals surface area contributed by atoms with E-state index in [1.165, 1.54) is 17.4 Å². The van der Waals surface area contributed by atoms with Crippen LogP contribution >= 0.6 is 0 Å². The lowest BCUT2D eigenvalue weighted by Gasteiger charge is -2.16. The van der Waals surface area contributed by atoms with Crippen LogP contribution in [0.25, 0.3) is 0 Å². The van der Waals surface area contributed by atoms with Gasteiger partial charge in [0.1, 0.15) is 24.2 Å². The van der Waals surface area contributed by atoms with E-state index < -0.39 is 24.0 Å². The number of halogens is 2. The molecule has 0 radical (unpaired) electrons. The second-order valence-corrected chi connectivity index (χ2v) is 7.14. The Morgan fingerprint density at radius 1 is 1.17 bits per heavy atom. The summed E-state index contributed by atoms with van der Waals surface area (Å²) >= 11 is -2.10. The third kappa shape index (κ3) is 7.94. The largest absolute Gasteiger partial charge is 0.491 e. The number of ether oxygens (including phenoxy) is 2. The number of nitrogens with one attached hydrogen (secondary N) is 1. The molecule has 29 heavy (non-hydrogen) atoms. The van der Waals surface area contributed by atoms with Crippen LogP contribution in [0.1, 0.15) is 5.56 Å². The first-order valence-corrected chi connectivity index (χ1v) is 9.92. The molecular formula is C19H24F2N2O5S. The molecule has 0 aliphatic rings. The van der Waals surface area contributed by atoms with E-state index >= 15 is 0 Å². The maximum atomic E-state index is 12.4. The van der Waals surface area contributed by atoms with Crippen LogP contribution in [0, 0.1) is 0 Å². The molecule has 0 fully saturated rings. The van der Waals surface area contributed by atoms with Gasteiger partial charge in [-0.05, 0) is 48.9 Å². The van der Waals surface area contributed by atoms with Crippen molar-refractivity contribution in [2.45, 2.75) is 19.1 Å². The summed E-state index contributed by atoms with van der Waals surface area (Å²) in [6, 6.07) is 13.1. The van der Waals surface area contributed by atoms with Gasteiger partial charge in [-0.1, -0.05) is 18.2 Å². The molecule has 2 aromatic carbocycles. The van der Waals surface area contributed by atoms with Gasteiger partial charge in [0.2, 0.25) is 0 Å². The van der Waals surface area contributed by atoms with Gasteiger partial charge < -0.3 is 19.9 Å². The maximum absolute atomic E-state index is 12.4. The minimum Gasteiger partial charge on any atom is -0.491 e. The number of hydrogen-bond donors (Lipinski definition) is 3. The van der Waals surface area contributed by atoms with Crippen molar-refractivity contribution in [1.82, 2.24) is 5.32 Å². The summed E-state index contributed by atoms with van der Waals surface area (Å²) in [5, 5.41) is 13.0. The van der Waals surface area contributed by atoms with E-state index in [9.17, 15) is 18.1 Å². The van der Waals surface area contributed by atoms with Crippen LogP contribution < -0.4 is 19.1 Å². The fourth-order valence-corrected chi connectivity index (χ4v) is 2.81. The molecule has 0 aliphatic heterocycles. The maximum Gasteiger partial charge on any atom is 0.387 e. The Hall–Kier alpha value is -2.27. The van der Waals surface area contributed by atoms with Gasteiger partial charge in [-0.3, -0.25) is 8.86 Å². The Morgan fingerprint density at radius 2 is 1.86 bits per heavy atom. The SMILES string of the molecule is CN(c1ccc(OCC(O)CNCCc2ccccc2OC(F)F)cc1)S(=O)O. The first-order valence-electron chi connectivity index (χ1n) is 8.86. The topological polar surface area (TPSA) is 91.3 Å². The molecule has 160 valence electrons. The van der Waals surface area contributed by atoms with Gasteiger partial charge in [-0.25, -0.2) is 4.21 Å². The van der Waals surface area contributed by atoms with Crippen LogP contribution in [0.4, 0.5) is 14.5 Å². The monoisotopic (exact) mass is 430 g/mol. The van der Waals surface area contributed by atoms with Gasteiger partial charge >= 0.3 is 6.61 Å². The average molecular weight is 430 g/mol. The minimum atomic E-state index is -2.87. The van der Waals surface area contributed by atoms with Crippen LogP contribution in [-0.4, -0.2) is 53.3 Å². The van der Waals surface area contributed by atoms with E-state index in [0.717, 1.165) is 0 Å². The van der Waals surface area contributed by atoms with E-state index in [4.69, 9.17) is 9.29 Å².